The summed E-state index contributed by atoms with van der Waals surface area (Å²) in [5.41, 5.74) is 4.87. The molecule has 0 bridgehead atoms. The first-order chi connectivity index (χ1) is 8.00. The summed E-state index contributed by atoms with van der Waals surface area (Å²) in [6, 6.07) is 4.68. The number of carbonyl (C=O) groups excluding carboxylic acids is 3. The summed E-state index contributed by atoms with van der Waals surface area (Å²) >= 11 is 0. The van der Waals surface area contributed by atoms with E-state index in [4.69, 9.17) is 0 Å². The number of rotatable bonds is 3. The number of quaternary nitrogens is 1. The molecule has 0 unspecified atom stereocenters. The van der Waals surface area contributed by atoms with Crippen LogP contribution < -0.4 is 10.8 Å². The quantitative estimate of drug-likeness (QED) is 0.629. The molecule has 1 aliphatic heterocycles. The highest BCUT2D eigenvalue weighted by Crippen LogP contribution is 2.24. The Morgan fingerprint density at radius 2 is 1.88 bits per heavy atom. The van der Waals surface area contributed by atoms with Gasteiger partial charge in [-0.2, -0.15) is 0 Å². The first-order valence-electron chi connectivity index (χ1n) is 5.03. The molecule has 0 saturated heterocycles. The van der Waals surface area contributed by atoms with E-state index in [0.29, 0.717) is 11.3 Å². The van der Waals surface area contributed by atoms with E-state index < -0.39 is 17.8 Å². The van der Waals surface area contributed by atoms with Gasteiger partial charge in [0.1, 0.15) is 5.69 Å². The van der Waals surface area contributed by atoms with E-state index in [1.54, 1.807) is 6.07 Å². The zero-order valence-corrected chi connectivity index (χ0v) is 8.93. The topological polar surface area (TPSA) is 105 Å². The van der Waals surface area contributed by atoms with Crippen LogP contribution in [0.2, 0.25) is 0 Å². The molecule has 0 radical (unpaired) electrons. The van der Waals surface area contributed by atoms with E-state index in [0.717, 1.165) is 4.90 Å². The van der Waals surface area contributed by atoms with Gasteiger partial charge in [-0.1, -0.05) is 0 Å². The summed E-state index contributed by atoms with van der Waals surface area (Å²) in [5, 5.41) is 10.3. The van der Waals surface area contributed by atoms with Gasteiger partial charge >= 0.3 is 0 Å². The third kappa shape index (κ3) is 1.90. The van der Waals surface area contributed by atoms with Crippen LogP contribution in [0.5, 0.6) is 0 Å². The molecule has 6 nitrogen and oxygen atoms in total. The minimum absolute atomic E-state index is 0.166. The standard InChI is InChI=1S/C11H10N2O4/c12-6-1-2-7-8(5-6)11(17)13(10(7)16)4-3-9(14)15/h1-2,5H,3-4,12H2,(H,14,15). The molecule has 0 aromatic heterocycles. The average molecular weight is 234 g/mol. The zero-order chi connectivity index (χ0) is 12.6. The van der Waals surface area contributed by atoms with E-state index >= 15 is 0 Å². The van der Waals surface area contributed by atoms with E-state index in [1.165, 1.54) is 12.1 Å². The Balaban J connectivity index is 2.29. The van der Waals surface area contributed by atoms with Gasteiger partial charge in [0, 0.05) is 25.0 Å². The van der Waals surface area contributed by atoms with Crippen LogP contribution >= 0.6 is 0 Å². The van der Waals surface area contributed by atoms with Crippen LogP contribution in [-0.4, -0.2) is 29.2 Å². The molecule has 1 aliphatic rings. The minimum Gasteiger partial charge on any atom is -0.550 e. The van der Waals surface area contributed by atoms with E-state index in [-0.39, 0.29) is 18.5 Å². The molecule has 17 heavy (non-hydrogen) atoms. The number of carbonyl (C=O) groups is 3. The largest absolute Gasteiger partial charge is 0.550 e. The summed E-state index contributed by atoms with van der Waals surface area (Å²) in [6.45, 7) is -0.166. The van der Waals surface area contributed by atoms with Crippen molar-refractivity contribution in [1.29, 1.82) is 0 Å². The number of carboxylic acid groups (broad SMARTS) is 1. The zero-order valence-electron chi connectivity index (χ0n) is 8.93. The Bertz CT molecular complexity index is 524. The first-order valence-corrected chi connectivity index (χ1v) is 5.03. The molecule has 0 aliphatic carbocycles. The maximum absolute atomic E-state index is 11.8. The summed E-state index contributed by atoms with van der Waals surface area (Å²) in [4.78, 5) is 34.9. The lowest BCUT2D eigenvalue weighted by atomic mass is 10.1. The molecule has 1 aromatic carbocycles. The molecular weight excluding hydrogens is 224 g/mol. The number of hydrogen-bond acceptors (Lipinski definition) is 4. The normalized spacial score (nSPS) is 14.1. The van der Waals surface area contributed by atoms with Crippen molar-refractivity contribution in [1.82, 2.24) is 4.90 Å². The van der Waals surface area contributed by atoms with Crippen molar-refractivity contribution in [3.63, 3.8) is 0 Å². The Labute approximate surface area is 96.6 Å². The van der Waals surface area contributed by atoms with Crippen molar-refractivity contribution >= 4 is 23.5 Å². The number of benzene rings is 1. The van der Waals surface area contributed by atoms with Crippen molar-refractivity contribution < 1.29 is 25.2 Å². The van der Waals surface area contributed by atoms with Crippen LogP contribution in [0.25, 0.3) is 0 Å². The second kappa shape index (κ2) is 3.99. The van der Waals surface area contributed by atoms with Crippen LogP contribution in [0.1, 0.15) is 27.1 Å². The summed E-state index contributed by atoms with van der Waals surface area (Å²) < 4.78 is 0. The molecule has 6 heteroatoms. The lowest BCUT2D eigenvalue weighted by molar-refractivity contribution is -0.305. The van der Waals surface area contributed by atoms with Crippen LogP contribution in [0.15, 0.2) is 18.2 Å². The molecule has 0 saturated carbocycles. The maximum atomic E-state index is 11.8. The van der Waals surface area contributed by atoms with Gasteiger partial charge in [0.2, 0.25) is 0 Å². The van der Waals surface area contributed by atoms with Crippen molar-refractivity contribution in [3.8, 4) is 0 Å². The number of imide groups is 1. The Morgan fingerprint density at radius 1 is 1.24 bits per heavy atom. The molecule has 0 spiro atoms. The van der Waals surface area contributed by atoms with Gasteiger partial charge in [0.25, 0.3) is 11.8 Å². The van der Waals surface area contributed by atoms with Crippen molar-refractivity contribution in [2.75, 3.05) is 6.54 Å². The molecule has 3 N–H and O–H groups in total. The van der Waals surface area contributed by atoms with Gasteiger partial charge in [0.15, 0.2) is 0 Å². The molecule has 88 valence electrons. The number of fused-ring (bicyclic) bond motifs is 1. The SMILES string of the molecule is [NH3+]c1ccc2c(c1)C(=O)N(CCC(=O)[O-])C2=O. The second-order valence-corrected chi connectivity index (χ2v) is 3.76. The number of aliphatic carboxylic acids is 1. The number of nitrogens with zero attached hydrogens (tertiary/aromatic N) is 1. The molecule has 1 heterocycles. The van der Waals surface area contributed by atoms with Gasteiger partial charge in [0.05, 0.1) is 11.1 Å². The lowest BCUT2D eigenvalue weighted by Gasteiger charge is -2.13. The predicted octanol–water partition coefficient (Wildman–Crippen LogP) is -1.70. The first kappa shape index (κ1) is 11.3. The fourth-order valence-electron chi connectivity index (χ4n) is 1.74. The Morgan fingerprint density at radius 3 is 2.53 bits per heavy atom. The molecule has 1 aromatic rings. The predicted molar refractivity (Wildman–Crippen MR) is 54.0 cm³/mol. The lowest BCUT2D eigenvalue weighted by Crippen LogP contribution is -2.40. The summed E-state index contributed by atoms with van der Waals surface area (Å²) in [5.74, 6) is -2.23. The van der Waals surface area contributed by atoms with Crippen LogP contribution in [0.4, 0.5) is 5.69 Å². The van der Waals surface area contributed by atoms with E-state index in [2.05, 4.69) is 5.73 Å². The van der Waals surface area contributed by atoms with Crippen LogP contribution in [0.3, 0.4) is 0 Å². The third-order valence-corrected chi connectivity index (χ3v) is 2.57. The van der Waals surface area contributed by atoms with E-state index in [9.17, 15) is 19.5 Å². The highest BCUT2D eigenvalue weighted by molar-refractivity contribution is 6.21. The number of amides is 2. The third-order valence-electron chi connectivity index (χ3n) is 2.57. The van der Waals surface area contributed by atoms with Crippen molar-refractivity contribution in [2.45, 2.75) is 6.42 Å². The average Bonchev–Trinajstić information content (AvgIpc) is 2.49. The smallest absolute Gasteiger partial charge is 0.261 e. The summed E-state index contributed by atoms with van der Waals surface area (Å²) in [6.07, 6.45) is -0.358. The maximum Gasteiger partial charge on any atom is 0.261 e. The van der Waals surface area contributed by atoms with Gasteiger partial charge in [-0.15, -0.1) is 0 Å². The fraction of sp³-hybridized carbons (Fsp3) is 0.182. The Hall–Kier alpha value is -2.21. The minimum atomic E-state index is -1.29. The van der Waals surface area contributed by atoms with Crippen molar-refractivity contribution in [2.24, 2.45) is 0 Å². The van der Waals surface area contributed by atoms with Crippen LogP contribution in [0, 0.1) is 0 Å². The van der Waals surface area contributed by atoms with Gasteiger partial charge < -0.3 is 15.6 Å². The highest BCUT2D eigenvalue weighted by Gasteiger charge is 2.35. The summed E-state index contributed by atoms with van der Waals surface area (Å²) in [7, 11) is 0. The monoisotopic (exact) mass is 234 g/mol. The molecular formula is C11H10N2O4. The second-order valence-electron chi connectivity index (χ2n) is 3.76. The van der Waals surface area contributed by atoms with Crippen molar-refractivity contribution in [3.05, 3.63) is 29.3 Å². The van der Waals surface area contributed by atoms with Gasteiger partial charge in [-0.25, -0.2) is 0 Å². The highest BCUT2D eigenvalue weighted by atomic mass is 16.4. The molecule has 2 rings (SSSR count). The van der Waals surface area contributed by atoms with Gasteiger partial charge in [-0.3, -0.25) is 14.5 Å². The molecule has 0 atom stereocenters. The number of hydrogen-bond donors (Lipinski definition) is 1. The number of carboxylic acids is 1. The molecule has 2 amide bonds. The van der Waals surface area contributed by atoms with Gasteiger partial charge in [-0.05, 0) is 12.1 Å². The molecule has 0 fully saturated rings. The Kier molecular flexibility index (Phi) is 2.64. The fourth-order valence-corrected chi connectivity index (χ4v) is 1.74. The van der Waals surface area contributed by atoms with E-state index in [1.807, 2.05) is 0 Å². The van der Waals surface area contributed by atoms with Crippen LogP contribution in [-0.2, 0) is 4.79 Å².